The van der Waals surface area contributed by atoms with Gasteiger partial charge >= 0.3 is 0 Å². The fourth-order valence-corrected chi connectivity index (χ4v) is 2.56. The molecular weight excluding hydrogens is 352 g/mol. The first kappa shape index (κ1) is 17.9. The van der Waals surface area contributed by atoms with Gasteiger partial charge in [-0.2, -0.15) is 0 Å². The van der Waals surface area contributed by atoms with Crippen LogP contribution in [0.3, 0.4) is 0 Å². The van der Waals surface area contributed by atoms with Crippen LogP contribution in [0.5, 0.6) is 5.75 Å². The first-order chi connectivity index (χ1) is 13.0. The Kier molecular flexibility index (Phi) is 4.98. The van der Waals surface area contributed by atoms with E-state index >= 15 is 0 Å². The number of benzene rings is 2. The molecule has 8 heteroatoms. The van der Waals surface area contributed by atoms with Crippen LogP contribution in [0, 0.1) is 20.2 Å². The molecule has 0 saturated heterocycles. The molecule has 0 aliphatic rings. The molecular formula is C19H14N2O6. The summed E-state index contributed by atoms with van der Waals surface area (Å²) in [6.45, 7) is 0. The molecule has 0 bridgehead atoms. The van der Waals surface area contributed by atoms with E-state index in [1.165, 1.54) is 31.4 Å². The summed E-state index contributed by atoms with van der Waals surface area (Å²) in [6.07, 6.45) is 1.33. The molecule has 136 valence electrons. The molecule has 27 heavy (non-hydrogen) atoms. The number of nitrogens with zero attached hydrogens (tertiary/aromatic N) is 2. The summed E-state index contributed by atoms with van der Waals surface area (Å²) >= 11 is 0. The van der Waals surface area contributed by atoms with E-state index in [-0.39, 0.29) is 22.9 Å². The molecule has 0 amide bonds. The summed E-state index contributed by atoms with van der Waals surface area (Å²) in [7, 11) is 1.40. The van der Waals surface area contributed by atoms with Crippen LogP contribution in [-0.2, 0) is 0 Å². The zero-order chi connectivity index (χ0) is 19.4. The molecule has 2 aromatic carbocycles. The molecule has 0 aliphatic heterocycles. The van der Waals surface area contributed by atoms with Crippen molar-refractivity contribution in [1.29, 1.82) is 0 Å². The zero-order valence-electron chi connectivity index (χ0n) is 14.2. The lowest BCUT2D eigenvalue weighted by Gasteiger charge is -2.05. The second kappa shape index (κ2) is 7.52. The average Bonchev–Trinajstić information content (AvgIpc) is 3.14. The van der Waals surface area contributed by atoms with Gasteiger partial charge in [-0.1, -0.05) is 18.2 Å². The molecule has 0 fully saturated rings. The molecule has 0 unspecified atom stereocenters. The van der Waals surface area contributed by atoms with Crippen molar-refractivity contribution in [1.82, 2.24) is 0 Å². The summed E-state index contributed by atoms with van der Waals surface area (Å²) in [5, 5.41) is 22.3. The van der Waals surface area contributed by atoms with E-state index in [1.54, 1.807) is 42.5 Å². The van der Waals surface area contributed by atoms with Crippen molar-refractivity contribution >= 4 is 17.5 Å². The van der Waals surface area contributed by atoms with Crippen LogP contribution in [-0.4, -0.2) is 17.0 Å². The first-order valence-corrected chi connectivity index (χ1v) is 7.83. The monoisotopic (exact) mass is 366 g/mol. The van der Waals surface area contributed by atoms with Gasteiger partial charge in [0.15, 0.2) is 0 Å². The maximum absolute atomic E-state index is 11.4. The number of methoxy groups -OCH3 is 1. The molecule has 1 heterocycles. The Morgan fingerprint density at radius 1 is 1.04 bits per heavy atom. The van der Waals surface area contributed by atoms with E-state index in [9.17, 15) is 20.2 Å². The van der Waals surface area contributed by atoms with Crippen molar-refractivity contribution in [2.24, 2.45) is 0 Å². The second-order valence-electron chi connectivity index (χ2n) is 5.50. The number of furan rings is 1. The van der Waals surface area contributed by atoms with E-state index in [1.807, 2.05) is 0 Å². The standard InChI is InChI=1S/C19H14N2O6/c1-26-19-11-14(20(22)23)7-9-16(19)18-10-8-15(27-18)12-17(21(24)25)13-5-3-2-4-6-13/h2-12H,1H3/b17-12-. The predicted molar refractivity (Wildman–Crippen MR) is 98.7 cm³/mol. The second-order valence-corrected chi connectivity index (χ2v) is 5.50. The maximum Gasteiger partial charge on any atom is 0.280 e. The van der Waals surface area contributed by atoms with Gasteiger partial charge in [-0.25, -0.2) is 0 Å². The van der Waals surface area contributed by atoms with E-state index in [0.717, 1.165) is 0 Å². The smallest absolute Gasteiger partial charge is 0.280 e. The number of hydrogen-bond donors (Lipinski definition) is 0. The third kappa shape index (κ3) is 3.84. The molecule has 0 atom stereocenters. The number of hydrogen-bond acceptors (Lipinski definition) is 6. The summed E-state index contributed by atoms with van der Waals surface area (Å²) < 4.78 is 10.9. The van der Waals surface area contributed by atoms with Gasteiger partial charge < -0.3 is 9.15 Å². The Balaban J connectivity index is 1.99. The van der Waals surface area contributed by atoms with Crippen molar-refractivity contribution in [3.63, 3.8) is 0 Å². The number of non-ortho nitro benzene ring substituents is 1. The van der Waals surface area contributed by atoms with Crippen molar-refractivity contribution in [2.45, 2.75) is 0 Å². The Morgan fingerprint density at radius 2 is 1.78 bits per heavy atom. The van der Waals surface area contributed by atoms with Crippen LogP contribution >= 0.6 is 0 Å². The molecule has 1 aromatic heterocycles. The molecule has 3 aromatic rings. The molecule has 3 rings (SSSR count). The lowest BCUT2D eigenvalue weighted by atomic mass is 10.1. The van der Waals surface area contributed by atoms with Crippen molar-refractivity contribution < 1.29 is 19.0 Å². The molecule has 8 nitrogen and oxygen atoms in total. The van der Waals surface area contributed by atoms with E-state index < -0.39 is 9.85 Å². The van der Waals surface area contributed by atoms with Gasteiger partial charge in [0, 0.05) is 6.07 Å². The van der Waals surface area contributed by atoms with Gasteiger partial charge in [0.2, 0.25) is 0 Å². The average molecular weight is 366 g/mol. The van der Waals surface area contributed by atoms with Crippen LogP contribution in [0.25, 0.3) is 23.1 Å². The normalized spacial score (nSPS) is 11.2. The predicted octanol–water partition coefficient (Wildman–Crippen LogP) is 4.64. The van der Waals surface area contributed by atoms with Gasteiger partial charge in [0.25, 0.3) is 11.4 Å². The van der Waals surface area contributed by atoms with Gasteiger partial charge in [0.05, 0.1) is 40.2 Å². The highest BCUT2D eigenvalue weighted by Crippen LogP contribution is 2.34. The Morgan fingerprint density at radius 3 is 2.41 bits per heavy atom. The van der Waals surface area contributed by atoms with Crippen LogP contribution < -0.4 is 4.74 Å². The summed E-state index contributed by atoms with van der Waals surface area (Å²) in [5.41, 5.74) is 0.743. The minimum atomic E-state index is -0.522. The van der Waals surface area contributed by atoms with Crippen molar-refractivity contribution in [3.05, 3.63) is 92.2 Å². The molecule has 0 aliphatic carbocycles. The zero-order valence-corrected chi connectivity index (χ0v) is 14.2. The highest BCUT2D eigenvalue weighted by Gasteiger charge is 2.18. The minimum absolute atomic E-state index is 0.104. The number of ether oxygens (including phenoxy) is 1. The van der Waals surface area contributed by atoms with E-state index in [2.05, 4.69) is 0 Å². The Hall–Kier alpha value is -3.94. The van der Waals surface area contributed by atoms with Crippen LogP contribution in [0.15, 0.2) is 65.1 Å². The highest BCUT2D eigenvalue weighted by atomic mass is 16.6. The number of nitro benzene ring substituents is 1. The van der Waals surface area contributed by atoms with Crippen molar-refractivity contribution in [2.75, 3.05) is 7.11 Å². The van der Waals surface area contributed by atoms with Gasteiger partial charge in [0.1, 0.15) is 17.3 Å². The van der Waals surface area contributed by atoms with E-state index in [0.29, 0.717) is 16.9 Å². The van der Waals surface area contributed by atoms with Crippen molar-refractivity contribution in [3.8, 4) is 17.1 Å². The van der Waals surface area contributed by atoms with E-state index in [4.69, 9.17) is 9.15 Å². The number of rotatable bonds is 6. The molecule has 0 radical (unpaired) electrons. The van der Waals surface area contributed by atoms with Gasteiger partial charge in [-0.3, -0.25) is 20.2 Å². The topological polar surface area (TPSA) is 109 Å². The van der Waals surface area contributed by atoms with Crippen LogP contribution in [0.1, 0.15) is 11.3 Å². The Bertz CT molecular complexity index is 1020. The van der Waals surface area contributed by atoms with Crippen LogP contribution in [0.4, 0.5) is 5.69 Å². The largest absolute Gasteiger partial charge is 0.496 e. The number of nitro groups is 2. The fourth-order valence-electron chi connectivity index (χ4n) is 2.56. The highest BCUT2D eigenvalue weighted by molar-refractivity contribution is 5.76. The van der Waals surface area contributed by atoms with Gasteiger partial charge in [-0.15, -0.1) is 0 Å². The third-order valence-electron chi connectivity index (χ3n) is 3.83. The minimum Gasteiger partial charge on any atom is -0.496 e. The molecule has 0 N–H and O–H groups in total. The summed E-state index contributed by atoms with van der Waals surface area (Å²) in [4.78, 5) is 21.3. The van der Waals surface area contributed by atoms with Gasteiger partial charge in [-0.05, 0) is 30.3 Å². The lowest BCUT2D eigenvalue weighted by molar-refractivity contribution is -0.384. The first-order valence-electron chi connectivity index (χ1n) is 7.83. The maximum atomic E-state index is 11.4. The molecule has 0 spiro atoms. The molecule has 0 saturated carbocycles. The third-order valence-corrected chi connectivity index (χ3v) is 3.83. The lowest BCUT2D eigenvalue weighted by Crippen LogP contribution is -1.97. The van der Waals surface area contributed by atoms with Crippen LogP contribution in [0.2, 0.25) is 0 Å². The summed E-state index contributed by atoms with van der Waals surface area (Å²) in [5.74, 6) is 0.927. The SMILES string of the molecule is COc1cc([N+](=O)[O-])ccc1-c1ccc(/C=C(/c2ccccc2)[N+](=O)[O-])o1. The Labute approximate surface area is 153 Å². The fraction of sp³-hybridized carbons (Fsp3) is 0.0526. The quantitative estimate of drug-likeness (QED) is 0.464. The summed E-state index contributed by atoms with van der Waals surface area (Å²) in [6, 6.07) is 15.8.